The highest BCUT2D eigenvalue weighted by Crippen LogP contribution is 2.46. The molecule has 4 amide bonds. The molecule has 11 nitrogen and oxygen atoms in total. The number of aliphatic carboxylic acids is 1. The summed E-state index contributed by atoms with van der Waals surface area (Å²) in [5.74, 6) is -2.80. The van der Waals surface area contributed by atoms with Crippen LogP contribution in [0.2, 0.25) is 5.02 Å². The van der Waals surface area contributed by atoms with Crippen molar-refractivity contribution in [3.05, 3.63) is 106 Å². The summed E-state index contributed by atoms with van der Waals surface area (Å²) >= 11 is 7.41. The minimum atomic E-state index is -1.30. The summed E-state index contributed by atoms with van der Waals surface area (Å²) in [6.45, 7) is 0.847. The Hall–Kier alpha value is -5.07. The molecule has 4 aromatic rings. The van der Waals surface area contributed by atoms with Crippen LogP contribution >= 0.6 is 22.9 Å². The Bertz CT molecular complexity index is 1730. The van der Waals surface area contributed by atoms with Crippen LogP contribution in [0, 0.1) is 0 Å². The first-order chi connectivity index (χ1) is 22.7. The summed E-state index contributed by atoms with van der Waals surface area (Å²) in [6, 6.07) is 25.4. The van der Waals surface area contributed by atoms with E-state index in [2.05, 4.69) is 10.6 Å². The fourth-order valence-electron chi connectivity index (χ4n) is 5.35. The minimum Gasteiger partial charge on any atom is -0.479 e. The van der Waals surface area contributed by atoms with Crippen LogP contribution < -0.4 is 20.3 Å². The fraction of sp³-hybridized carbons (Fsp3) is 0.235. The molecule has 1 aliphatic heterocycles. The van der Waals surface area contributed by atoms with Crippen LogP contribution in [0.3, 0.4) is 0 Å². The molecule has 0 saturated carbocycles. The quantitative estimate of drug-likeness (QED) is 0.145. The molecular formula is C34H33ClN4O7S. The van der Waals surface area contributed by atoms with Gasteiger partial charge in [0, 0.05) is 37.9 Å². The first-order valence-electron chi connectivity index (χ1n) is 14.9. The van der Waals surface area contributed by atoms with Gasteiger partial charge in [-0.3, -0.25) is 4.90 Å². The van der Waals surface area contributed by atoms with E-state index in [-0.39, 0.29) is 33.8 Å². The number of halogens is 1. The van der Waals surface area contributed by atoms with Crippen molar-refractivity contribution in [1.82, 2.24) is 15.5 Å². The van der Waals surface area contributed by atoms with Crippen LogP contribution in [-0.2, 0) is 17.9 Å². The number of nitrogens with zero attached hydrogens (tertiary/aromatic N) is 2. The third kappa shape index (κ3) is 8.40. The second kappa shape index (κ2) is 15.5. The molecule has 1 fully saturated rings. The topological polar surface area (TPSA) is 149 Å². The number of rotatable bonds is 11. The molecule has 1 saturated heterocycles. The molecule has 0 bridgehead atoms. The van der Waals surface area contributed by atoms with Crippen molar-refractivity contribution in [2.75, 3.05) is 24.6 Å². The molecule has 3 aromatic carbocycles. The second-order valence-corrected chi connectivity index (χ2v) is 12.2. The van der Waals surface area contributed by atoms with Gasteiger partial charge in [0.1, 0.15) is 5.02 Å². The Kier molecular flexibility index (Phi) is 11.0. The summed E-state index contributed by atoms with van der Waals surface area (Å²) in [6.07, 6.45) is 1.05. The highest BCUT2D eigenvalue weighted by molar-refractivity contribution is 7.18. The van der Waals surface area contributed by atoms with E-state index in [9.17, 15) is 24.3 Å². The molecule has 13 heteroatoms. The number of carbonyl (C=O) groups is 4. The van der Waals surface area contributed by atoms with Crippen LogP contribution in [0.25, 0.3) is 10.4 Å². The molecular weight excluding hydrogens is 644 g/mol. The summed E-state index contributed by atoms with van der Waals surface area (Å²) in [4.78, 5) is 53.4. The Balaban J connectivity index is 1.38. The van der Waals surface area contributed by atoms with Gasteiger partial charge in [-0.25, -0.2) is 19.2 Å². The van der Waals surface area contributed by atoms with Crippen LogP contribution in [0.4, 0.5) is 15.3 Å². The minimum absolute atomic E-state index is 0.0271. The maximum atomic E-state index is 13.8. The lowest BCUT2D eigenvalue weighted by Crippen LogP contribution is -2.53. The first kappa shape index (κ1) is 33.3. The summed E-state index contributed by atoms with van der Waals surface area (Å²) in [7, 11) is 0. The van der Waals surface area contributed by atoms with Crippen LogP contribution in [-0.4, -0.2) is 64.9 Å². The second-order valence-electron chi connectivity index (χ2n) is 10.8. The number of hydrogen-bond donors (Lipinski definition) is 4. The number of carboxylic acids is 2. The van der Waals surface area contributed by atoms with Crippen LogP contribution in [0.1, 0.15) is 33.6 Å². The lowest BCUT2D eigenvalue weighted by molar-refractivity contribution is -0.139. The van der Waals surface area contributed by atoms with Gasteiger partial charge in [0.25, 0.3) is 0 Å². The van der Waals surface area contributed by atoms with E-state index in [0.717, 1.165) is 22.5 Å². The Morgan fingerprint density at radius 1 is 0.872 bits per heavy atom. The highest BCUT2D eigenvalue weighted by Gasteiger charge is 2.32. The van der Waals surface area contributed by atoms with Gasteiger partial charge in [-0.1, -0.05) is 84.4 Å². The zero-order valence-corrected chi connectivity index (χ0v) is 26.8. The zero-order chi connectivity index (χ0) is 33.3. The molecule has 244 valence electrons. The molecule has 0 atom stereocenters. The zero-order valence-electron chi connectivity index (χ0n) is 25.2. The maximum absolute atomic E-state index is 13.8. The van der Waals surface area contributed by atoms with E-state index in [0.29, 0.717) is 55.1 Å². The van der Waals surface area contributed by atoms with Crippen LogP contribution in [0.15, 0.2) is 84.9 Å². The SMILES string of the molecule is O=C(O)COc1c(C(=O)O)sc(-c2cccc(N(C(=O)NCc3ccccc3)C3CCN(C(=O)NCc4ccccc4)CC3)c2)c1Cl. The van der Waals surface area contributed by atoms with Gasteiger partial charge in [0.15, 0.2) is 17.2 Å². The summed E-state index contributed by atoms with van der Waals surface area (Å²) < 4.78 is 5.24. The molecule has 0 spiro atoms. The molecule has 0 unspecified atom stereocenters. The maximum Gasteiger partial charge on any atom is 0.349 e. The van der Waals surface area contributed by atoms with Crippen molar-refractivity contribution in [3.8, 4) is 16.2 Å². The number of nitrogens with one attached hydrogen (secondary N) is 2. The predicted molar refractivity (Wildman–Crippen MR) is 179 cm³/mol. The van der Waals surface area contributed by atoms with Crippen molar-refractivity contribution >= 4 is 52.6 Å². The number of piperidine rings is 1. The average molecular weight is 677 g/mol. The van der Waals surface area contributed by atoms with E-state index >= 15 is 0 Å². The third-order valence-electron chi connectivity index (χ3n) is 7.64. The predicted octanol–water partition coefficient (Wildman–Crippen LogP) is 6.32. The smallest absolute Gasteiger partial charge is 0.349 e. The normalized spacial score (nSPS) is 13.1. The number of likely N-dealkylation sites (tertiary alicyclic amines) is 1. The molecule has 47 heavy (non-hydrogen) atoms. The molecule has 4 N–H and O–H groups in total. The number of benzene rings is 3. The lowest BCUT2D eigenvalue weighted by Gasteiger charge is -2.38. The van der Waals surface area contributed by atoms with Crippen LogP contribution in [0.5, 0.6) is 5.75 Å². The number of carboxylic acid groups (broad SMARTS) is 2. The van der Waals surface area contributed by atoms with Gasteiger partial charge >= 0.3 is 24.0 Å². The Morgan fingerprint density at radius 3 is 2.09 bits per heavy atom. The number of thiophene rings is 1. The van der Waals surface area contributed by atoms with Crippen molar-refractivity contribution in [3.63, 3.8) is 0 Å². The number of anilines is 1. The van der Waals surface area contributed by atoms with Gasteiger partial charge in [0.05, 0.1) is 4.88 Å². The Labute approximate surface area is 280 Å². The first-order valence-corrected chi connectivity index (χ1v) is 16.1. The number of ether oxygens (including phenoxy) is 1. The third-order valence-corrected chi connectivity index (χ3v) is 9.32. The van der Waals surface area contributed by atoms with E-state index in [4.69, 9.17) is 21.4 Å². The van der Waals surface area contributed by atoms with Crippen molar-refractivity contribution < 1.29 is 34.1 Å². The molecule has 0 radical (unpaired) electrons. The van der Waals surface area contributed by atoms with E-state index < -0.39 is 18.5 Å². The Morgan fingerprint density at radius 2 is 1.49 bits per heavy atom. The lowest BCUT2D eigenvalue weighted by atomic mass is 10.0. The van der Waals surface area contributed by atoms with E-state index in [1.807, 2.05) is 60.7 Å². The van der Waals surface area contributed by atoms with Gasteiger partial charge in [0.2, 0.25) is 0 Å². The number of amides is 4. The standard InChI is InChI=1S/C34H33ClN4O7S/c35-28-29(46-21-27(40)41)31(32(42)43)47-30(28)24-12-7-13-26(18-24)39(34(45)37-20-23-10-5-2-6-11-23)25-14-16-38(17-15-25)33(44)36-19-22-8-3-1-4-9-22/h1-13,18,25H,14-17,19-21H2,(H,36,44)(H,37,45)(H,40,41)(H,42,43). The van der Waals surface area contributed by atoms with E-state index in [1.54, 1.807) is 34.1 Å². The van der Waals surface area contributed by atoms with Gasteiger partial charge in [-0.15, -0.1) is 11.3 Å². The van der Waals surface area contributed by atoms with Gasteiger partial charge < -0.3 is 30.5 Å². The van der Waals surface area contributed by atoms with Gasteiger partial charge in [-0.05, 0) is 41.7 Å². The molecule has 1 aromatic heterocycles. The molecule has 2 heterocycles. The number of hydrogen-bond acceptors (Lipinski definition) is 6. The highest BCUT2D eigenvalue weighted by atomic mass is 35.5. The fourth-order valence-corrected chi connectivity index (χ4v) is 6.75. The molecule has 5 rings (SSSR count). The number of aromatic carboxylic acids is 1. The largest absolute Gasteiger partial charge is 0.479 e. The van der Waals surface area contributed by atoms with E-state index in [1.165, 1.54) is 0 Å². The monoisotopic (exact) mass is 676 g/mol. The van der Waals surface area contributed by atoms with Crippen molar-refractivity contribution in [2.45, 2.75) is 32.0 Å². The number of urea groups is 2. The average Bonchev–Trinajstić information content (AvgIpc) is 3.43. The number of carbonyl (C=O) groups excluding carboxylic acids is 2. The van der Waals surface area contributed by atoms with Crippen molar-refractivity contribution in [1.29, 1.82) is 0 Å². The summed E-state index contributed by atoms with van der Waals surface area (Å²) in [5, 5.41) is 24.7. The summed E-state index contributed by atoms with van der Waals surface area (Å²) in [5.41, 5.74) is 3.01. The van der Waals surface area contributed by atoms with Crippen molar-refractivity contribution in [2.24, 2.45) is 0 Å². The van der Waals surface area contributed by atoms with Gasteiger partial charge in [-0.2, -0.15) is 0 Å². The molecule has 1 aliphatic rings. The molecule has 0 aliphatic carbocycles.